The van der Waals surface area contributed by atoms with Gasteiger partial charge in [-0.15, -0.1) is 0 Å². The van der Waals surface area contributed by atoms with Crippen molar-refractivity contribution < 1.29 is 9.53 Å². The van der Waals surface area contributed by atoms with Gasteiger partial charge in [0, 0.05) is 0 Å². The lowest BCUT2D eigenvalue weighted by atomic mass is 9.97. The fourth-order valence-electron chi connectivity index (χ4n) is 2.41. The molecule has 1 atom stereocenters. The Bertz CT molecular complexity index is 690. The molecular weight excluding hydrogens is 354 g/mol. The van der Waals surface area contributed by atoms with Crippen molar-refractivity contribution in [3.05, 3.63) is 63.1 Å². The second kappa shape index (κ2) is 6.18. The van der Waals surface area contributed by atoms with Gasteiger partial charge in [0.15, 0.2) is 6.10 Å². The van der Waals surface area contributed by atoms with Crippen molar-refractivity contribution in [3.8, 4) is 0 Å². The van der Waals surface area contributed by atoms with Gasteiger partial charge in [-0.1, -0.05) is 41.9 Å². The zero-order valence-electron chi connectivity index (χ0n) is 11.1. The summed E-state index contributed by atoms with van der Waals surface area (Å²) in [6.07, 6.45) is 0.252. The summed E-state index contributed by atoms with van der Waals surface area (Å²) < 4.78 is 6.32. The molecule has 3 nitrogen and oxygen atoms in total. The molecule has 2 aromatic rings. The third-order valence-electron chi connectivity index (χ3n) is 3.44. The van der Waals surface area contributed by atoms with Gasteiger partial charge in [-0.25, -0.2) is 0 Å². The van der Waals surface area contributed by atoms with Crippen LogP contribution < -0.4 is 5.32 Å². The first kappa shape index (κ1) is 14.6. The van der Waals surface area contributed by atoms with Gasteiger partial charge < -0.3 is 10.1 Å². The summed E-state index contributed by atoms with van der Waals surface area (Å²) >= 11 is 9.41. The van der Waals surface area contributed by atoms with Crippen molar-refractivity contribution in [2.24, 2.45) is 0 Å². The van der Waals surface area contributed by atoms with Crippen LogP contribution in [0.5, 0.6) is 0 Å². The molecule has 1 heterocycles. The molecule has 0 saturated carbocycles. The molecular formula is C16H13BrClNO2. The highest BCUT2D eigenvalue weighted by Crippen LogP contribution is 2.32. The molecule has 1 N–H and O–H groups in total. The van der Waals surface area contributed by atoms with Gasteiger partial charge in [0.05, 0.1) is 21.8 Å². The third kappa shape index (κ3) is 2.98. The first-order valence-corrected chi connectivity index (χ1v) is 7.78. The number of amides is 1. The maximum absolute atomic E-state index is 12.5. The SMILES string of the molecule is O=C(Nc1cccc(Cl)c1Br)C1OCCc2ccccc21. The number of fused-ring (bicyclic) bond motifs is 1. The number of carbonyl (C=O) groups is 1. The topological polar surface area (TPSA) is 38.3 Å². The number of halogens is 2. The molecule has 1 unspecified atom stereocenters. The van der Waals surface area contributed by atoms with Crippen LogP contribution >= 0.6 is 27.5 Å². The molecule has 3 rings (SSSR count). The van der Waals surface area contributed by atoms with Crippen LogP contribution in [0.2, 0.25) is 5.02 Å². The van der Waals surface area contributed by atoms with Crippen molar-refractivity contribution >= 4 is 39.1 Å². The average molecular weight is 367 g/mol. The number of hydrogen-bond donors (Lipinski definition) is 1. The summed E-state index contributed by atoms with van der Waals surface area (Å²) in [6, 6.07) is 13.2. The summed E-state index contributed by atoms with van der Waals surface area (Å²) in [5.74, 6) is -0.190. The van der Waals surface area contributed by atoms with Crippen LogP contribution in [0.4, 0.5) is 5.69 Å². The maximum Gasteiger partial charge on any atom is 0.258 e. The van der Waals surface area contributed by atoms with Crippen molar-refractivity contribution in [1.82, 2.24) is 0 Å². The predicted octanol–water partition coefficient (Wildman–Crippen LogP) is 4.36. The van der Waals surface area contributed by atoms with Crippen molar-refractivity contribution in [2.45, 2.75) is 12.5 Å². The Kier molecular flexibility index (Phi) is 4.29. The normalized spacial score (nSPS) is 17.1. The Morgan fingerprint density at radius 2 is 2.05 bits per heavy atom. The summed E-state index contributed by atoms with van der Waals surface area (Å²) in [4.78, 5) is 12.5. The molecule has 0 bridgehead atoms. The fourth-order valence-corrected chi connectivity index (χ4v) is 2.95. The van der Waals surface area contributed by atoms with E-state index in [1.165, 1.54) is 0 Å². The second-order valence-corrected chi connectivity index (χ2v) is 5.99. The van der Waals surface area contributed by atoms with Crippen molar-refractivity contribution in [3.63, 3.8) is 0 Å². The summed E-state index contributed by atoms with van der Waals surface area (Å²) in [6.45, 7) is 0.547. The summed E-state index contributed by atoms with van der Waals surface area (Å²) in [7, 11) is 0. The molecule has 0 aliphatic carbocycles. The smallest absolute Gasteiger partial charge is 0.258 e. The number of nitrogens with one attached hydrogen (secondary N) is 1. The standard InChI is InChI=1S/C16H13BrClNO2/c17-14-12(18)6-3-7-13(14)19-16(20)15-11-5-2-1-4-10(11)8-9-21-15/h1-7,15H,8-9H2,(H,19,20). The van der Waals surface area contributed by atoms with E-state index < -0.39 is 6.10 Å². The first-order valence-electron chi connectivity index (χ1n) is 6.61. The van der Waals surface area contributed by atoms with E-state index >= 15 is 0 Å². The van der Waals surface area contributed by atoms with Crippen LogP contribution in [0.25, 0.3) is 0 Å². The number of hydrogen-bond acceptors (Lipinski definition) is 2. The van der Waals surface area contributed by atoms with E-state index in [0.717, 1.165) is 17.5 Å². The lowest BCUT2D eigenvalue weighted by molar-refractivity contribution is -0.128. The van der Waals surface area contributed by atoms with Gasteiger partial charge in [-0.05, 0) is 45.6 Å². The molecule has 2 aromatic carbocycles. The third-order valence-corrected chi connectivity index (χ3v) is 4.84. The molecule has 0 radical (unpaired) electrons. The minimum Gasteiger partial charge on any atom is -0.363 e. The Morgan fingerprint density at radius 3 is 2.90 bits per heavy atom. The van der Waals surface area contributed by atoms with E-state index in [4.69, 9.17) is 16.3 Å². The highest BCUT2D eigenvalue weighted by molar-refractivity contribution is 9.10. The highest BCUT2D eigenvalue weighted by Gasteiger charge is 2.27. The quantitative estimate of drug-likeness (QED) is 0.858. The van der Waals surface area contributed by atoms with E-state index in [9.17, 15) is 4.79 Å². The lowest BCUT2D eigenvalue weighted by Crippen LogP contribution is -2.28. The van der Waals surface area contributed by atoms with Crippen LogP contribution in [0.3, 0.4) is 0 Å². The van der Waals surface area contributed by atoms with Gasteiger partial charge in [0.1, 0.15) is 0 Å². The molecule has 0 fully saturated rings. The Labute approximate surface area is 136 Å². The molecule has 0 spiro atoms. The Morgan fingerprint density at radius 1 is 1.24 bits per heavy atom. The van der Waals surface area contributed by atoms with E-state index in [-0.39, 0.29) is 5.91 Å². The predicted molar refractivity (Wildman–Crippen MR) is 86.6 cm³/mol. The van der Waals surface area contributed by atoms with Gasteiger partial charge in [0.2, 0.25) is 0 Å². The molecule has 1 aliphatic heterocycles. The van der Waals surface area contributed by atoms with Crippen LogP contribution in [0.15, 0.2) is 46.9 Å². The van der Waals surface area contributed by atoms with Gasteiger partial charge in [-0.3, -0.25) is 4.79 Å². The highest BCUT2D eigenvalue weighted by atomic mass is 79.9. The number of rotatable bonds is 2. The van der Waals surface area contributed by atoms with E-state index in [1.54, 1.807) is 18.2 Å². The Balaban J connectivity index is 1.85. The van der Waals surface area contributed by atoms with E-state index in [0.29, 0.717) is 21.8 Å². The zero-order chi connectivity index (χ0) is 14.8. The first-order chi connectivity index (χ1) is 10.2. The molecule has 1 aliphatic rings. The lowest BCUT2D eigenvalue weighted by Gasteiger charge is -2.25. The van der Waals surface area contributed by atoms with Crippen molar-refractivity contribution in [2.75, 3.05) is 11.9 Å². The maximum atomic E-state index is 12.5. The molecule has 108 valence electrons. The Hall–Kier alpha value is -1.36. The van der Waals surface area contributed by atoms with Gasteiger partial charge in [-0.2, -0.15) is 0 Å². The molecule has 21 heavy (non-hydrogen) atoms. The minimum atomic E-state index is -0.583. The number of ether oxygens (including phenoxy) is 1. The zero-order valence-corrected chi connectivity index (χ0v) is 13.4. The monoisotopic (exact) mass is 365 g/mol. The molecule has 5 heteroatoms. The average Bonchev–Trinajstić information content (AvgIpc) is 2.51. The molecule has 0 saturated heterocycles. The summed E-state index contributed by atoms with van der Waals surface area (Å²) in [5, 5.41) is 3.42. The number of benzene rings is 2. The van der Waals surface area contributed by atoms with Crippen LogP contribution in [0, 0.1) is 0 Å². The van der Waals surface area contributed by atoms with Crippen LogP contribution in [-0.2, 0) is 16.0 Å². The second-order valence-electron chi connectivity index (χ2n) is 4.79. The van der Waals surface area contributed by atoms with E-state index in [2.05, 4.69) is 21.2 Å². The largest absolute Gasteiger partial charge is 0.363 e. The van der Waals surface area contributed by atoms with Gasteiger partial charge in [0.25, 0.3) is 5.91 Å². The number of anilines is 1. The number of carbonyl (C=O) groups excluding carboxylic acids is 1. The van der Waals surface area contributed by atoms with E-state index in [1.807, 2.05) is 24.3 Å². The van der Waals surface area contributed by atoms with Crippen molar-refractivity contribution in [1.29, 1.82) is 0 Å². The fraction of sp³-hybridized carbons (Fsp3) is 0.188. The van der Waals surface area contributed by atoms with Crippen LogP contribution in [-0.4, -0.2) is 12.5 Å². The van der Waals surface area contributed by atoms with Gasteiger partial charge >= 0.3 is 0 Å². The molecule has 1 amide bonds. The van der Waals surface area contributed by atoms with Crippen LogP contribution in [0.1, 0.15) is 17.2 Å². The summed E-state index contributed by atoms with van der Waals surface area (Å²) in [5.41, 5.74) is 2.73. The molecule has 0 aromatic heterocycles. The minimum absolute atomic E-state index is 0.190.